The zero-order valence-corrected chi connectivity index (χ0v) is 16.3. The first-order valence-corrected chi connectivity index (χ1v) is 9.39. The van der Waals surface area contributed by atoms with E-state index in [1.165, 1.54) is 11.3 Å². The number of halogens is 3. The number of carbonyl (C=O) groups excluding carboxylic acids is 1. The number of carboxylic acids is 1. The molecule has 1 aromatic carbocycles. The number of aromatic nitrogens is 2. The van der Waals surface area contributed by atoms with Gasteiger partial charge in [0.05, 0.1) is 6.54 Å². The van der Waals surface area contributed by atoms with Crippen molar-refractivity contribution in [3.8, 4) is 11.5 Å². The summed E-state index contributed by atoms with van der Waals surface area (Å²) in [5.74, 6) is -1.42. The highest BCUT2D eigenvalue weighted by Gasteiger charge is 2.38. The van der Waals surface area contributed by atoms with E-state index in [4.69, 9.17) is 19.4 Å². The Morgan fingerprint density at radius 3 is 2.63 bits per heavy atom. The van der Waals surface area contributed by atoms with Gasteiger partial charge in [-0.15, -0.1) is 11.3 Å². The molecule has 4 rings (SSSR count). The van der Waals surface area contributed by atoms with E-state index in [1.807, 2.05) is 40.2 Å². The van der Waals surface area contributed by atoms with E-state index in [1.54, 1.807) is 18.1 Å². The smallest absolute Gasteiger partial charge is 0.486 e. The summed E-state index contributed by atoms with van der Waals surface area (Å²) < 4.78 is 45.2. The number of rotatable bonds is 3. The quantitative estimate of drug-likeness (QED) is 0.669. The highest BCUT2D eigenvalue weighted by Crippen LogP contribution is 2.31. The first-order valence-electron chi connectivity index (χ1n) is 8.51. The lowest BCUT2D eigenvalue weighted by Gasteiger charge is -2.29. The Bertz CT molecular complexity index is 1020. The number of hydrogen-bond acceptors (Lipinski definition) is 6. The molecule has 30 heavy (non-hydrogen) atoms. The largest absolute Gasteiger partial charge is 0.490 e. The minimum atomic E-state index is -5.08. The Balaban J connectivity index is 0.000000318. The number of thiazole rings is 1. The first-order chi connectivity index (χ1) is 14.1. The second-order valence-electron chi connectivity index (χ2n) is 6.21. The van der Waals surface area contributed by atoms with Crippen LogP contribution in [-0.4, -0.2) is 63.7 Å². The van der Waals surface area contributed by atoms with Gasteiger partial charge < -0.3 is 19.5 Å². The molecule has 0 aliphatic carbocycles. The number of imidazole rings is 1. The Morgan fingerprint density at radius 1 is 1.33 bits per heavy atom. The number of alkyl halides is 3. The summed E-state index contributed by atoms with van der Waals surface area (Å²) in [4.78, 5) is 28.2. The van der Waals surface area contributed by atoms with Gasteiger partial charge in [-0.05, 0) is 12.1 Å². The van der Waals surface area contributed by atoms with Crippen LogP contribution in [0.2, 0.25) is 0 Å². The highest BCUT2D eigenvalue weighted by atomic mass is 32.1. The zero-order chi connectivity index (χ0) is 21.9. The lowest BCUT2D eigenvalue weighted by Crippen LogP contribution is -2.41. The Hall–Kier alpha value is -3.28. The fourth-order valence-electron chi connectivity index (χ4n) is 2.57. The number of benzene rings is 1. The molecular formula is C18H16F3N3O5S. The van der Waals surface area contributed by atoms with Crippen molar-refractivity contribution in [3.05, 3.63) is 47.7 Å². The van der Waals surface area contributed by atoms with E-state index in [2.05, 4.69) is 4.98 Å². The normalized spacial score (nSPS) is 15.3. The number of fused-ring (bicyclic) bond motifs is 2. The van der Waals surface area contributed by atoms with Gasteiger partial charge in [0.15, 0.2) is 22.6 Å². The van der Waals surface area contributed by atoms with Crippen LogP contribution in [0.3, 0.4) is 0 Å². The fraction of sp³-hybridized carbons (Fsp3) is 0.278. The minimum absolute atomic E-state index is 0.122. The molecule has 12 heteroatoms. The lowest BCUT2D eigenvalue weighted by molar-refractivity contribution is -0.192. The van der Waals surface area contributed by atoms with Gasteiger partial charge in [0.2, 0.25) is 0 Å². The number of carbonyl (C=O) groups is 2. The van der Waals surface area contributed by atoms with Crippen molar-refractivity contribution in [2.24, 2.45) is 0 Å². The predicted molar refractivity (Wildman–Crippen MR) is 100 cm³/mol. The van der Waals surface area contributed by atoms with E-state index in [9.17, 15) is 18.0 Å². The van der Waals surface area contributed by atoms with Crippen molar-refractivity contribution in [1.82, 2.24) is 14.3 Å². The third kappa shape index (κ3) is 5.00. The Labute approximate surface area is 172 Å². The highest BCUT2D eigenvalue weighted by molar-refractivity contribution is 7.15. The number of ether oxygens (including phenoxy) is 2. The van der Waals surface area contributed by atoms with Crippen LogP contribution in [0.25, 0.3) is 4.96 Å². The number of hydrogen-bond donors (Lipinski definition) is 1. The molecule has 3 heterocycles. The van der Waals surface area contributed by atoms with Gasteiger partial charge in [0.25, 0.3) is 5.91 Å². The molecule has 1 N–H and O–H groups in total. The molecule has 1 aliphatic rings. The fourth-order valence-corrected chi connectivity index (χ4v) is 3.27. The lowest BCUT2D eigenvalue weighted by atomic mass is 10.2. The SMILES string of the molecule is CN(CC1COc2ccccc2O1)C(=O)c1cn2ccsc2n1.O=C(O)C(F)(F)F. The zero-order valence-electron chi connectivity index (χ0n) is 15.5. The monoisotopic (exact) mass is 443 g/mol. The summed E-state index contributed by atoms with van der Waals surface area (Å²) in [5, 5.41) is 9.06. The maximum atomic E-state index is 12.5. The van der Waals surface area contributed by atoms with Gasteiger partial charge in [-0.1, -0.05) is 12.1 Å². The molecule has 0 saturated carbocycles. The summed E-state index contributed by atoms with van der Waals surface area (Å²) >= 11 is 1.50. The van der Waals surface area contributed by atoms with Crippen LogP contribution in [0.4, 0.5) is 13.2 Å². The van der Waals surface area contributed by atoms with E-state index in [0.717, 1.165) is 10.7 Å². The van der Waals surface area contributed by atoms with Crippen molar-refractivity contribution in [2.75, 3.05) is 20.2 Å². The molecule has 0 bridgehead atoms. The summed E-state index contributed by atoms with van der Waals surface area (Å²) in [6.07, 6.45) is -1.64. The molecule has 0 spiro atoms. The summed E-state index contributed by atoms with van der Waals surface area (Å²) in [6.45, 7) is 0.866. The molecule has 1 unspecified atom stereocenters. The average Bonchev–Trinajstić information content (AvgIpc) is 3.29. The molecule has 0 radical (unpaired) electrons. The van der Waals surface area contributed by atoms with Crippen molar-refractivity contribution in [1.29, 1.82) is 0 Å². The van der Waals surface area contributed by atoms with E-state index in [0.29, 0.717) is 24.6 Å². The Morgan fingerprint density at radius 2 is 2.00 bits per heavy atom. The summed E-state index contributed by atoms with van der Waals surface area (Å²) in [5.41, 5.74) is 0.441. The van der Waals surface area contributed by atoms with Gasteiger partial charge in [-0.2, -0.15) is 13.2 Å². The van der Waals surface area contributed by atoms with Crippen LogP contribution in [0.1, 0.15) is 10.5 Å². The van der Waals surface area contributed by atoms with Crippen LogP contribution >= 0.6 is 11.3 Å². The summed E-state index contributed by atoms with van der Waals surface area (Å²) in [7, 11) is 1.75. The maximum absolute atomic E-state index is 12.5. The third-order valence-corrected chi connectivity index (χ3v) is 4.72. The molecule has 8 nitrogen and oxygen atoms in total. The van der Waals surface area contributed by atoms with Crippen molar-refractivity contribution >= 4 is 28.2 Å². The second-order valence-corrected chi connectivity index (χ2v) is 7.08. The molecule has 1 amide bonds. The number of carboxylic acid groups (broad SMARTS) is 1. The molecular weight excluding hydrogens is 427 g/mol. The average molecular weight is 443 g/mol. The van der Waals surface area contributed by atoms with Crippen molar-refractivity contribution in [3.63, 3.8) is 0 Å². The van der Waals surface area contributed by atoms with Gasteiger partial charge in [-0.25, -0.2) is 9.78 Å². The second kappa shape index (κ2) is 8.61. The Kier molecular flexibility index (Phi) is 6.15. The van der Waals surface area contributed by atoms with Gasteiger partial charge in [-0.3, -0.25) is 9.20 Å². The van der Waals surface area contributed by atoms with Crippen LogP contribution in [0, 0.1) is 0 Å². The van der Waals surface area contributed by atoms with Crippen LogP contribution in [0.5, 0.6) is 11.5 Å². The topological polar surface area (TPSA) is 93.4 Å². The first kappa shape index (κ1) is 21.4. The maximum Gasteiger partial charge on any atom is 0.490 e. The van der Waals surface area contributed by atoms with E-state index < -0.39 is 12.1 Å². The molecule has 3 aromatic rings. The molecule has 2 aromatic heterocycles. The van der Waals surface area contributed by atoms with E-state index >= 15 is 0 Å². The number of likely N-dealkylation sites (N-methyl/N-ethyl adjacent to an activating group) is 1. The molecule has 160 valence electrons. The number of para-hydroxylation sites is 2. The van der Waals surface area contributed by atoms with Gasteiger partial charge >= 0.3 is 12.1 Å². The van der Waals surface area contributed by atoms with E-state index in [-0.39, 0.29) is 12.0 Å². The van der Waals surface area contributed by atoms with Crippen molar-refractivity contribution < 1.29 is 37.3 Å². The van der Waals surface area contributed by atoms with Crippen molar-refractivity contribution in [2.45, 2.75) is 12.3 Å². The third-order valence-electron chi connectivity index (χ3n) is 3.95. The molecule has 1 atom stereocenters. The predicted octanol–water partition coefficient (Wildman–Crippen LogP) is 2.94. The molecule has 0 saturated heterocycles. The number of aliphatic carboxylic acids is 1. The van der Waals surface area contributed by atoms with Crippen LogP contribution in [-0.2, 0) is 4.79 Å². The van der Waals surface area contributed by atoms with Crippen LogP contribution < -0.4 is 9.47 Å². The number of nitrogens with zero attached hydrogens (tertiary/aromatic N) is 3. The minimum Gasteiger partial charge on any atom is -0.486 e. The number of amides is 1. The summed E-state index contributed by atoms with van der Waals surface area (Å²) in [6, 6.07) is 7.55. The van der Waals surface area contributed by atoms with Gasteiger partial charge in [0.1, 0.15) is 12.3 Å². The molecule has 0 fully saturated rings. The van der Waals surface area contributed by atoms with Gasteiger partial charge in [0, 0.05) is 24.8 Å². The molecule has 1 aliphatic heterocycles. The van der Waals surface area contributed by atoms with Crippen LogP contribution in [0.15, 0.2) is 42.0 Å². The standard InChI is InChI=1S/C16H15N3O3S.C2HF3O2/c1-18(15(20)12-9-19-6-7-23-16(19)17-12)8-11-10-21-13-4-2-3-5-14(13)22-11;3-2(4,5)1(6)7/h2-7,9,11H,8,10H2,1H3;(H,6,7).